The molecule has 1 aliphatic carbocycles. The Kier molecular flexibility index (Phi) is 4.26. The van der Waals surface area contributed by atoms with Gasteiger partial charge < -0.3 is 5.11 Å². The summed E-state index contributed by atoms with van der Waals surface area (Å²) in [5.41, 5.74) is 2.62. The van der Waals surface area contributed by atoms with Gasteiger partial charge >= 0.3 is 0 Å². The van der Waals surface area contributed by atoms with Crippen molar-refractivity contribution in [2.24, 2.45) is 0 Å². The number of hydrogen-bond acceptors (Lipinski definition) is 2. The summed E-state index contributed by atoms with van der Waals surface area (Å²) in [7, 11) is 0. The van der Waals surface area contributed by atoms with Gasteiger partial charge in [0.2, 0.25) is 0 Å². The van der Waals surface area contributed by atoms with Gasteiger partial charge in [-0.3, -0.25) is 4.68 Å². The molecule has 1 aromatic heterocycles. The molecular formula is C16H18Br2N2O. The normalized spacial score (nSPS) is 21.3. The maximum absolute atomic E-state index is 11.2. The maximum atomic E-state index is 11.2. The lowest BCUT2D eigenvalue weighted by molar-refractivity contribution is 0.0126. The zero-order chi connectivity index (χ0) is 15.0. The Morgan fingerprint density at radius 3 is 2.90 bits per heavy atom. The third-order valence-electron chi connectivity index (χ3n) is 4.13. The van der Waals surface area contributed by atoms with Crippen molar-refractivity contribution in [1.82, 2.24) is 9.78 Å². The summed E-state index contributed by atoms with van der Waals surface area (Å²) >= 11 is 7.08. The summed E-state index contributed by atoms with van der Waals surface area (Å²) in [5, 5.41) is 15.6. The maximum Gasteiger partial charge on any atom is 0.112 e. The molecule has 2 aromatic rings. The van der Waals surface area contributed by atoms with Crippen molar-refractivity contribution in [3.05, 3.63) is 50.2 Å². The molecule has 0 spiro atoms. The molecule has 1 N–H and O–H groups in total. The molecular weight excluding hydrogens is 396 g/mol. The number of halogens is 2. The van der Waals surface area contributed by atoms with E-state index in [1.807, 2.05) is 10.7 Å². The highest BCUT2D eigenvalue weighted by atomic mass is 79.9. The lowest BCUT2D eigenvalue weighted by Crippen LogP contribution is -2.36. The molecule has 0 saturated heterocycles. The number of benzene rings is 1. The van der Waals surface area contributed by atoms with Gasteiger partial charge in [0.25, 0.3) is 0 Å². The van der Waals surface area contributed by atoms with Gasteiger partial charge in [0.15, 0.2) is 0 Å². The van der Waals surface area contributed by atoms with Gasteiger partial charge in [0.05, 0.1) is 16.4 Å². The molecule has 1 unspecified atom stereocenters. The highest BCUT2D eigenvalue weighted by Crippen LogP contribution is 2.40. The topological polar surface area (TPSA) is 38.0 Å². The molecule has 3 nitrogen and oxygen atoms in total. The summed E-state index contributed by atoms with van der Waals surface area (Å²) in [4.78, 5) is 0. The summed E-state index contributed by atoms with van der Waals surface area (Å²) < 4.78 is 3.94. The molecule has 1 atom stereocenters. The first kappa shape index (κ1) is 15.3. The molecule has 1 aliphatic rings. The zero-order valence-electron chi connectivity index (χ0n) is 11.9. The zero-order valence-corrected chi connectivity index (χ0v) is 15.1. The molecule has 0 amide bonds. The lowest BCUT2D eigenvalue weighted by Gasteiger charge is -2.34. The van der Waals surface area contributed by atoms with Crippen LogP contribution in [0.15, 0.2) is 33.3 Å². The third kappa shape index (κ3) is 2.83. The molecule has 21 heavy (non-hydrogen) atoms. The number of hydrogen-bond donors (Lipinski definition) is 1. The molecule has 0 bridgehead atoms. The quantitative estimate of drug-likeness (QED) is 0.818. The minimum absolute atomic E-state index is 0.642. The van der Waals surface area contributed by atoms with Gasteiger partial charge in [0, 0.05) is 17.4 Å². The number of aliphatic hydroxyl groups is 1. The number of aryl methyl sites for hydroxylation is 2. The van der Waals surface area contributed by atoms with Gasteiger partial charge in [-0.2, -0.15) is 5.10 Å². The summed E-state index contributed by atoms with van der Waals surface area (Å²) in [6.07, 6.45) is 5.05. The van der Waals surface area contributed by atoms with Crippen LogP contribution in [-0.4, -0.2) is 14.9 Å². The van der Waals surface area contributed by atoms with Crippen molar-refractivity contribution in [2.75, 3.05) is 0 Å². The molecule has 0 fully saturated rings. The van der Waals surface area contributed by atoms with E-state index in [9.17, 15) is 5.11 Å². The van der Waals surface area contributed by atoms with Crippen LogP contribution in [0.2, 0.25) is 0 Å². The van der Waals surface area contributed by atoms with E-state index in [0.29, 0.717) is 6.42 Å². The standard InChI is InChI=1S/C16H18Br2N2O/c1-2-7-20-15(14(18)10-19-20)16(21)6-5-11-8-13(17)4-3-12(11)9-16/h3-4,8,10,21H,2,5-7,9H2,1H3. The van der Waals surface area contributed by atoms with E-state index < -0.39 is 5.60 Å². The Balaban J connectivity index is 1.99. The Labute approximate surface area is 141 Å². The molecule has 5 heteroatoms. The van der Waals surface area contributed by atoms with Crippen LogP contribution in [0.3, 0.4) is 0 Å². The predicted molar refractivity (Wildman–Crippen MR) is 90.3 cm³/mol. The molecule has 1 heterocycles. The Morgan fingerprint density at radius 1 is 1.33 bits per heavy atom. The Morgan fingerprint density at radius 2 is 2.14 bits per heavy atom. The van der Waals surface area contributed by atoms with E-state index in [2.05, 4.69) is 56.0 Å². The first-order chi connectivity index (χ1) is 10.0. The summed E-state index contributed by atoms with van der Waals surface area (Å²) in [6, 6.07) is 6.31. The lowest BCUT2D eigenvalue weighted by atomic mass is 9.78. The Hall–Kier alpha value is -0.650. The van der Waals surface area contributed by atoms with Gasteiger partial charge in [-0.15, -0.1) is 0 Å². The van der Waals surface area contributed by atoms with Crippen LogP contribution < -0.4 is 0 Å². The van der Waals surface area contributed by atoms with Crippen LogP contribution in [0.1, 0.15) is 36.6 Å². The molecule has 0 saturated carbocycles. The van der Waals surface area contributed by atoms with E-state index in [1.165, 1.54) is 11.1 Å². The number of fused-ring (bicyclic) bond motifs is 1. The first-order valence-electron chi connectivity index (χ1n) is 7.25. The molecule has 1 aromatic carbocycles. The molecule has 0 aliphatic heterocycles. The van der Waals surface area contributed by atoms with E-state index in [0.717, 1.165) is 40.4 Å². The molecule has 0 radical (unpaired) electrons. The van der Waals surface area contributed by atoms with Crippen molar-refractivity contribution in [3.8, 4) is 0 Å². The van der Waals surface area contributed by atoms with Gasteiger partial charge in [-0.25, -0.2) is 0 Å². The second kappa shape index (κ2) is 5.86. The van der Waals surface area contributed by atoms with Gasteiger partial charge in [0.1, 0.15) is 5.60 Å². The van der Waals surface area contributed by atoms with Gasteiger partial charge in [-0.1, -0.05) is 28.9 Å². The number of aromatic nitrogens is 2. The smallest absolute Gasteiger partial charge is 0.112 e. The summed E-state index contributed by atoms with van der Waals surface area (Å²) in [6.45, 7) is 2.95. The minimum atomic E-state index is -0.842. The highest BCUT2D eigenvalue weighted by Gasteiger charge is 2.38. The van der Waals surface area contributed by atoms with E-state index >= 15 is 0 Å². The average Bonchev–Trinajstić information content (AvgIpc) is 2.81. The average molecular weight is 414 g/mol. The predicted octanol–water partition coefficient (Wildman–Crippen LogP) is 4.19. The van der Waals surface area contributed by atoms with Gasteiger partial charge in [-0.05, 0) is 58.5 Å². The van der Waals surface area contributed by atoms with Crippen molar-refractivity contribution in [3.63, 3.8) is 0 Å². The van der Waals surface area contributed by atoms with Crippen LogP contribution in [0, 0.1) is 0 Å². The fourth-order valence-corrected chi connectivity index (χ4v) is 4.23. The number of nitrogens with zero attached hydrogens (tertiary/aromatic N) is 2. The van der Waals surface area contributed by atoms with Crippen LogP contribution in [0.4, 0.5) is 0 Å². The van der Waals surface area contributed by atoms with E-state index in [4.69, 9.17) is 0 Å². The van der Waals surface area contributed by atoms with Crippen molar-refractivity contribution >= 4 is 31.9 Å². The monoisotopic (exact) mass is 412 g/mol. The summed E-state index contributed by atoms with van der Waals surface area (Å²) in [5.74, 6) is 0. The van der Waals surface area contributed by atoms with E-state index in [-0.39, 0.29) is 0 Å². The fraction of sp³-hybridized carbons (Fsp3) is 0.438. The largest absolute Gasteiger partial charge is 0.383 e. The fourth-order valence-electron chi connectivity index (χ4n) is 3.15. The van der Waals surface area contributed by atoms with Crippen molar-refractivity contribution in [1.29, 1.82) is 0 Å². The molecule has 112 valence electrons. The van der Waals surface area contributed by atoms with Crippen molar-refractivity contribution in [2.45, 2.75) is 44.8 Å². The minimum Gasteiger partial charge on any atom is -0.383 e. The van der Waals surface area contributed by atoms with Crippen LogP contribution in [0.5, 0.6) is 0 Å². The van der Waals surface area contributed by atoms with Crippen molar-refractivity contribution < 1.29 is 5.11 Å². The van der Waals surface area contributed by atoms with Crippen LogP contribution in [0.25, 0.3) is 0 Å². The Bertz CT molecular complexity index is 668. The first-order valence-corrected chi connectivity index (χ1v) is 8.83. The van der Waals surface area contributed by atoms with E-state index in [1.54, 1.807) is 6.20 Å². The molecule has 3 rings (SSSR count). The van der Waals surface area contributed by atoms with Crippen LogP contribution >= 0.6 is 31.9 Å². The second-order valence-electron chi connectivity index (χ2n) is 5.69. The second-order valence-corrected chi connectivity index (χ2v) is 7.46. The van der Waals surface area contributed by atoms with Crippen LogP contribution in [-0.2, 0) is 25.0 Å². The number of rotatable bonds is 3. The third-order valence-corrected chi connectivity index (χ3v) is 5.20. The SMILES string of the molecule is CCCn1ncc(Br)c1C1(O)CCc2cc(Br)ccc2C1. The highest BCUT2D eigenvalue weighted by molar-refractivity contribution is 9.10.